The van der Waals surface area contributed by atoms with Gasteiger partial charge in [0.25, 0.3) is 0 Å². The molecule has 106 valence electrons. The van der Waals surface area contributed by atoms with Gasteiger partial charge in [0.2, 0.25) is 0 Å². The summed E-state index contributed by atoms with van der Waals surface area (Å²) in [6, 6.07) is 6.14. The molecule has 1 fully saturated rings. The van der Waals surface area contributed by atoms with E-state index in [1.54, 1.807) is 14.2 Å². The van der Waals surface area contributed by atoms with Crippen LogP contribution in [0.1, 0.15) is 18.4 Å². The fraction of sp³-hybridized carbons (Fsp3) is 0.600. The maximum Gasteiger partial charge on any atom is 0.161 e. The lowest BCUT2D eigenvalue weighted by atomic mass is 9.98. The third-order valence-corrected chi connectivity index (χ3v) is 3.79. The molecule has 0 aromatic heterocycles. The predicted molar refractivity (Wildman–Crippen MR) is 76.6 cm³/mol. The molecule has 0 bridgehead atoms. The fourth-order valence-corrected chi connectivity index (χ4v) is 2.72. The fourth-order valence-electron chi connectivity index (χ4n) is 2.72. The van der Waals surface area contributed by atoms with Crippen LogP contribution in [0, 0.1) is 5.92 Å². The Hall–Kier alpha value is -1.26. The largest absolute Gasteiger partial charge is 0.493 e. The quantitative estimate of drug-likeness (QED) is 0.882. The lowest BCUT2D eigenvalue weighted by Crippen LogP contribution is -2.37. The Balaban J connectivity index is 2.02. The van der Waals surface area contributed by atoms with E-state index in [0.717, 1.165) is 37.7 Å². The molecule has 1 atom stereocenters. The minimum Gasteiger partial charge on any atom is -0.493 e. The van der Waals surface area contributed by atoms with Crippen LogP contribution >= 0.6 is 0 Å². The molecule has 0 saturated carbocycles. The normalized spacial score (nSPS) is 20.3. The molecule has 1 unspecified atom stereocenters. The average molecular weight is 264 g/mol. The second-order valence-corrected chi connectivity index (χ2v) is 5.17. The zero-order valence-corrected chi connectivity index (χ0v) is 11.9. The summed E-state index contributed by atoms with van der Waals surface area (Å²) in [4.78, 5) is 2.47. The molecule has 1 saturated heterocycles. The maximum absolute atomic E-state index is 5.78. The van der Waals surface area contributed by atoms with Gasteiger partial charge >= 0.3 is 0 Å². The summed E-state index contributed by atoms with van der Waals surface area (Å²) >= 11 is 0. The van der Waals surface area contributed by atoms with E-state index >= 15 is 0 Å². The second-order valence-electron chi connectivity index (χ2n) is 5.17. The van der Waals surface area contributed by atoms with Crippen molar-refractivity contribution in [3.05, 3.63) is 23.8 Å². The van der Waals surface area contributed by atoms with Gasteiger partial charge in [-0.2, -0.15) is 0 Å². The first-order valence-electron chi connectivity index (χ1n) is 6.90. The smallest absolute Gasteiger partial charge is 0.161 e. The van der Waals surface area contributed by atoms with E-state index < -0.39 is 0 Å². The summed E-state index contributed by atoms with van der Waals surface area (Å²) < 4.78 is 10.6. The third kappa shape index (κ3) is 3.61. The monoisotopic (exact) mass is 264 g/mol. The Morgan fingerprint density at radius 2 is 2.05 bits per heavy atom. The van der Waals surface area contributed by atoms with Gasteiger partial charge in [-0.15, -0.1) is 0 Å². The van der Waals surface area contributed by atoms with E-state index in [-0.39, 0.29) is 0 Å². The van der Waals surface area contributed by atoms with E-state index in [4.69, 9.17) is 15.2 Å². The van der Waals surface area contributed by atoms with Crippen molar-refractivity contribution >= 4 is 0 Å². The van der Waals surface area contributed by atoms with E-state index in [2.05, 4.69) is 17.0 Å². The van der Waals surface area contributed by atoms with E-state index in [1.165, 1.54) is 18.4 Å². The molecular weight excluding hydrogens is 240 g/mol. The van der Waals surface area contributed by atoms with Crippen molar-refractivity contribution < 1.29 is 9.47 Å². The van der Waals surface area contributed by atoms with Gasteiger partial charge in [-0.25, -0.2) is 0 Å². The standard InChI is InChI=1S/C15H24N2O2/c1-18-14-6-5-12(8-15(14)19-2)10-17-7-3-4-13(9-16)11-17/h5-6,8,13H,3-4,7,9-11,16H2,1-2H3. The molecule has 1 heterocycles. The van der Waals surface area contributed by atoms with Crippen molar-refractivity contribution in [2.45, 2.75) is 19.4 Å². The molecular formula is C15H24N2O2. The number of benzene rings is 1. The van der Waals surface area contributed by atoms with Crippen LogP contribution in [0.25, 0.3) is 0 Å². The lowest BCUT2D eigenvalue weighted by Gasteiger charge is -2.32. The van der Waals surface area contributed by atoms with Crippen molar-refractivity contribution in [2.24, 2.45) is 11.7 Å². The van der Waals surface area contributed by atoms with Crippen molar-refractivity contribution in [1.29, 1.82) is 0 Å². The molecule has 1 aliphatic rings. The molecule has 1 aromatic rings. The number of rotatable bonds is 5. The average Bonchev–Trinajstić information content (AvgIpc) is 2.47. The Labute approximate surface area is 115 Å². The maximum atomic E-state index is 5.78. The number of methoxy groups -OCH3 is 2. The van der Waals surface area contributed by atoms with Crippen molar-refractivity contribution in [3.63, 3.8) is 0 Å². The van der Waals surface area contributed by atoms with Gasteiger partial charge in [0, 0.05) is 13.1 Å². The number of piperidine rings is 1. The molecule has 2 rings (SSSR count). The van der Waals surface area contributed by atoms with Gasteiger partial charge in [-0.3, -0.25) is 4.90 Å². The zero-order chi connectivity index (χ0) is 13.7. The van der Waals surface area contributed by atoms with E-state index in [9.17, 15) is 0 Å². The number of hydrogen-bond acceptors (Lipinski definition) is 4. The highest BCUT2D eigenvalue weighted by Gasteiger charge is 2.19. The minimum atomic E-state index is 0.647. The molecule has 0 radical (unpaired) electrons. The highest BCUT2D eigenvalue weighted by atomic mass is 16.5. The molecule has 2 N–H and O–H groups in total. The summed E-state index contributed by atoms with van der Waals surface area (Å²) in [5.41, 5.74) is 7.04. The first kappa shape index (κ1) is 14.2. The molecule has 0 spiro atoms. The number of nitrogens with zero attached hydrogens (tertiary/aromatic N) is 1. The van der Waals surface area contributed by atoms with E-state index in [0.29, 0.717) is 5.92 Å². The van der Waals surface area contributed by atoms with Crippen LogP contribution in [-0.2, 0) is 6.54 Å². The van der Waals surface area contributed by atoms with Crippen LogP contribution in [0.3, 0.4) is 0 Å². The van der Waals surface area contributed by atoms with Crippen molar-refractivity contribution in [3.8, 4) is 11.5 Å². The molecule has 1 aliphatic heterocycles. The topological polar surface area (TPSA) is 47.7 Å². The predicted octanol–water partition coefficient (Wildman–Crippen LogP) is 1.87. The number of likely N-dealkylation sites (tertiary alicyclic amines) is 1. The first-order valence-corrected chi connectivity index (χ1v) is 6.90. The van der Waals surface area contributed by atoms with Gasteiger partial charge in [0.05, 0.1) is 14.2 Å². The molecule has 19 heavy (non-hydrogen) atoms. The van der Waals surface area contributed by atoms with Crippen molar-refractivity contribution in [1.82, 2.24) is 4.90 Å². The molecule has 4 nitrogen and oxygen atoms in total. The Morgan fingerprint density at radius 3 is 2.74 bits per heavy atom. The SMILES string of the molecule is COc1ccc(CN2CCCC(CN)C2)cc1OC. The number of ether oxygens (including phenoxy) is 2. The summed E-state index contributed by atoms with van der Waals surface area (Å²) in [6.45, 7) is 4.01. The first-order chi connectivity index (χ1) is 9.26. The Kier molecular flexibility index (Phi) is 5.05. The zero-order valence-electron chi connectivity index (χ0n) is 11.9. The van der Waals surface area contributed by atoms with Gasteiger partial charge in [-0.05, 0) is 49.5 Å². The van der Waals surface area contributed by atoms with Crippen LogP contribution in [0.2, 0.25) is 0 Å². The van der Waals surface area contributed by atoms with Gasteiger partial charge in [0.15, 0.2) is 11.5 Å². The van der Waals surface area contributed by atoms with Gasteiger partial charge in [0.1, 0.15) is 0 Å². The highest BCUT2D eigenvalue weighted by Crippen LogP contribution is 2.28. The van der Waals surface area contributed by atoms with Crippen LogP contribution in [0.15, 0.2) is 18.2 Å². The summed E-state index contributed by atoms with van der Waals surface area (Å²) in [7, 11) is 3.33. The number of hydrogen-bond donors (Lipinski definition) is 1. The van der Waals surface area contributed by atoms with Gasteiger partial charge < -0.3 is 15.2 Å². The Bertz CT molecular complexity index is 409. The highest BCUT2D eigenvalue weighted by molar-refractivity contribution is 5.42. The summed E-state index contributed by atoms with van der Waals surface area (Å²) in [5, 5.41) is 0. The van der Waals surface area contributed by atoms with Crippen LogP contribution in [-0.4, -0.2) is 38.8 Å². The van der Waals surface area contributed by atoms with Crippen LogP contribution in [0.5, 0.6) is 11.5 Å². The van der Waals surface area contributed by atoms with E-state index in [1.807, 2.05) is 6.07 Å². The lowest BCUT2D eigenvalue weighted by molar-refractivity contribution is 0.171. The molecule has 4 heteroatoms. The minimum absolute atomic E-state index is 0.647. The van der Waals surface area contributed by atoms with Crippen molar-refractivity contribution in [2.75, 3.05) is 33.9 Å². The van der Waals surface area contributed by atoms with Gasteiger partial charge in [-0.1, -0.05) is 6.07 Å². The Morgan fingerprint density at radius 1 is 1.26 bits per heavy atom. The molecule has 0 aliphatic carbocycles. The summed E-state index contributed by atoms with van der Waals surface area (Å²) in [6.07, 6.45) is 2.51. The molecule has 1 aromatic carbocycles. The third-order valence-electron chi connectivity index (χ3n) is 3.79. The number of nitrogens with two attached hydrogens (primary N) is 1. The van der Waals surface area contributed by atoms with Crippen LogP contribution < -0.4 is 15.2 Å². The van der Waals surface area contributed by atoms with Crippen LogP contribution in [0.4, 0.5) is 0 Å². The summed E-state index contributed by atoms with van der Waals surface area (Å²) in [5.74, 6) is 2.23. The second kappa shape index (κ2) is 6.78. The molecule has 0 amide bonds.